The van der Waals surface area contributed by atoms with Gasteiger partial charge in [-0.25, -0.2) is 0 Å². The molecule has 0 spiro atoms. The van der Waals surface area contributed by atoms with E-state index < -0.39 is 5.79 Å². The van der Waals surface area contributed by atoms with Crippen molar-refractivity contribution in [2.75, 3.05) is 13.2 Å². The Morgan fingerprint density at radius 1 is 0.297 bits per heavy atom. The van der Waals surface area contributed by atoms with Gasteiger partial charge in [0, 0.05) is 13.2 Å². The molecule has 224 valence electrons. The second kappa shape index (κ2) is 30.5. The number of unbranched alkanes of at least 4 members (excludes halogenated alkanes) is 26. The van der Waals surface area contributed by atoms with Gasteiger partial charge in [0.25, 0.3) is 0 Å². The van der Waals surface area contributed by atoms with E-state index in [2.05, 4.69) is 27.7 Å². The van der Waals surface area contributed by atoms with Crippen LogP contribution in [0.4, 0.5) is 0 Å². The van der Waals surface area contributed by atoms with Crippen molar-refractivity contribution in [2.24, 2.45) is 0 Å². The number of hydrogen-bond acceptors (Lipinski definition) is 2. The van der Waals surface area contributed by atoms with Crippen molar-refractivity contribution < 1.29 is 9.47 Å². The van der Waals surface area contributed by atoms with Crippen LogP contribution in [-0.2, 0) is 9.47 Å². The Kier molecular flexibility index (Phi) is 30.4. The quantitative estimate of drug-likeness (QED) is 0.0643. The molecule has 0 radical (unpaired) electrons. The summed E-state index contributed by atoms with van der Waals surface area (Å²) in [5, 5.41) is 0. The third-order valence-electron chi connectivity index (χ3n) is 7.90. The van der Waals surface area contributed by atoms with Crippen LogP contribution in [0.25, 0.3) is 0 Å². The summed E-state index contributed by atoms with van der Waals surface area (Å²) in [4.78, 5) is 0. The maximum absolute atomic E-state index is 6.03. The predicted molar refractivity (Wildman–Crippen MR) is 167 cm³/mol. The van der Waals surface area contributed by atoms with Gasteiger partial charge in [0.2, 0.25) is 0 Å². The highest BCUT2D eigenvalue weighted by molar-refractivity contribution is 4.56. The highest BCUT2D eigenvalue weighted by Gasteiger charge is 2.17. The lowest BCUT2D eigenvalue weighted by molar-refractivity contribution is -0.214. The molecular weight excluding hydrogens is 452 g/mol. The molecule has 0 saturated carbocycles. The Morgan fingerprint density at radius 3 is 0.703 bits per heavy atom. The molecule has 0 saturated heterocycles. The van der Waals surface area contributed by atoms with E-state index in [4.69, 9.17) is 9.47 Å². The highest BCUT2D eigenvalue weighted by atomic mass is 16.7. The van der Waals surface area contributed by atoms with Gasteiger partial charge >= 0.3 is 0 Å². The summed E-state index contributed by atoms with van der Waals surface area (Å²) in [6.07, 6.45) is 39.2. The van der Waals surface area contributed by atoms with Crippen LogP contribution in [0, 0.1) is 0 Å². The van der Waals surface area contributed by atoms with Crippen molar-refractivity contribution in [3.8, 4) is 0 Å². The maximum atomic E-state index is 6.03. The number of hydrogen-bond donors (Lipinski definition) is 0. The van der Waals surface area contributed by atoms with Gasteiger partial charge in [-0.15, -0.1) is 0 Å². The molecule has 0 aliphatic carbocycles. The van der Waals surface area contributed by atoms with Crippen LogP contribution in [0.1, 0.15) is 207 Å². The van der Waals surface area contributed by atoms with Crippen LogP contribution in [0.2, 0.25) is 0 Å². The first kappa shape index (κ1) is 36.9. The Morgan fingerprint density at radius 2 is 0.486 bits per heavy atom. The predicted octanol–water partition coefficient (Wildman–Crippen LogP) is 12.7. The zero-order valence-electron chi connectivity index (χ0n) is 26.5. The molecule has 0 heterocycles. The summed E-state index contributed by atoms with van der Waals surface area (Å²) < 4.78 is 12.1. The van der Waals surface area contributed by atoms with Crippen LogP contribution in [0.15, 0.2) is 0 Å². The van der Waals surface area contributed by atoms with Crippen molar-refractivity contribution in [1.29, 1.82) is 0 Å². The first-order chi connectivity index (χ1) is 18.1. The molecule has 0 N–H and O–H groups in total. The Hall–Kier alpha value is -0.0800. The highest BCUT2D eigenvalue weighted by Crippen LogP contribution is 2.17. The smallest absolute Gasteiger partial charge is 0.162 e. The van der Waals surface area contributed by atoms with Crippen molar-refractivity contribution in [3.63, 3.8) is 0 Å². The van der Waals surface area contributed by atoms with Crippen LogP contribution >= 0.6 is 0 Å². The molecule has 2 heteroatoms. The van der Waals surface area contributed by atoms with Gasteiger partial charge in [-0.05, 0) is 26.7 Å². The van der Waals surface area contributed by atoms with Gasteiger partial charge in [-0.2, -0.15) is 0 Å². The van der Waals surface area contributed by atoms with Gasteiger partial charge in [0.05, 0.1) is 0 Å². The first-order valence-electron chi connectivity index (χ1n) is 17.4. The van der Waals surface area contributed by atoms with E-state index in [9.17, 15) is 0 Å². The molecule has 0 atom stereocenters. The van der Waals surface area contributed by atoms with Gasteiger partial charge < -0.3 is 9.47 Å². The topological polar surface area (TPSA) is 18.5 Å². The van der Waals surface area contributed by atoms with E-state index in [1.54, 1.807) is 0 Å². The van der Waals surface area contributed by atoms with Crippen LogP contribution in [0.3, 0.4) is 0 Å². The van der Waals surface area contributed by atoms with E-state index in [0.717, 1.165) is 13.2 Å². The Balaban J connectivity index is 3.27. The van der Waals surface area contributed by atoms with Gasteiger partial charge in [-0.1, -0.05) is 181 Å². The van der Waals surface area contributed by atoms with Crippen molar-refractivity contribution in [3.05, 3.63) is 0 Å². The van der Waals surface area contributed by atoms with Crippen molar-refractivity contribution >= 4 is 0 Å². The summed E-state index contributed by atoms with van der Waals surface area (Å²) in [5.41, 5.74) is 0. The SMILES string of the molecule is CCCCCCCCCCCCCCCCOC(C)(C)OCCCCCCCCCCCCCCCC. The van der Waals surface area contributed by atoms with Gasteiger partial charge in [-0.3, -0.25) is 0 Å². The third kappa shape index (κ3) is 32.0. The van der Waals surface area contributed by atoms with Crippen LogP contribution in [-0.4, -0.2) is 19.0 Å². The molecular formula is C35H72O2. The van der Waals surface area contributed by atoms with Crippen molar-refractivity contribution in [1.82, 2.24) is 0 Å². The molecule has 2 nitrogen and oxygen atoms in total. The number of rotatable bonds is 32. The lowest BCUT2D eigenvalue weighted by Gasteiger charge is -2.25. The lowest BCUT2D eigenvalue weighted by atomic mass is 10.0. The molecule has 0 aromatic heterocycles. The molecule has 0 unspecified atom stereocenters. The summed E-state index contributed by atoms with van der Waals surface area (Å²) >= 11 is 0. The molecule has 0 rings (SSSR count). The van der Waals surface area contributed by atoms with E-state index in [1.807, 2.05) is 0 Å². The second-order valence-electron chi connectivity index (χ2n) is 12.3. The number of ether oxygens (including phenoxy) is 2. The third-order valence-corrected chi connectivity index (χ3v) is 7.90. The molecule has 0 amide bonds. The molecule has 0 aliphatic heterocycles. The standard InChI is InChI=1S/C35H72O2/c1-5-7-9-11-13-15-17-19-21-23-25-27-29-31-33-36-35(3,4)37-34-32-30-28-26-24-22-20-18-16-14-12-10-8-6-2/h5-34H2,1-4H3. The summed E-state index contributed by atoms with van der Waals surface area (Å²) in [7, 11) is 0. The first-order valence-corrected chi connectivity index (χ1v) is 17.4. The van der Waals surface area contributed by atoms with Crippen LogP contribution < -0.4 is 0 Å². The fourth-order valence-corrected chi connectivity index (χ4v) is 5.27. The Bertz CT molecular complexity index is 370. The fraction of sp³-hybridized carbons (Fsp3) is 1.00. The monoisotopic (exact) mass is 525 g/mol. The van der Waals surface area contributed by atoms with Gasteiger partial charge in [0.15, 0.2) is 5.79 Å². The molecule has 0 bridgehead atoms. The van der Waals surface area contributed by atoms with E-state index >= 15 is 0 Å². The minimum absolute atomic E-state index is 0.424. The summed E-state index contributed by atoms with van der Waals surface area (Å²) in [6.45, 7) is 10.4. The Labute approximate surface area is 235 Å². The minimum Gasteiger partial charge on any atom is -0.351 e. The van der Waals surface area contributed by atoms with Crippen LogP contribution in [0.5, 0.6) is 0 Å². The second-order valence-corrected chi connectivity index (χ2v) is 12.3. The average Bonchev–Trinajstić information content (AvgIpc) is 2.88. The molecule has 37 heavy (non-hydrogen) atoms. The summed E-state index contributed by atoms with van der Waals surface area (Å²) in [5.74, 6) is -0.424. The normalized spacial score (nSPS) is 12.0. The summed E-state index contributed by atoms with van der Waals surface area (Å²) in [6, 6.07) is 0. The van der Waals surface area contributed by atoms with E-state index in [0.29, 0.717) is 0 Å². The fourth-order valence-electron chi connectivity index (χ4n) is 5.27. The minimum atomic E-state index is -0.424. The zero-order chi connectivity index (χ0) is 27.1. The van der Waals surface area contributed by atoms with E-state index in [1.165, 1.54) is 180 Å². The maximum Gasteiger partial charge on any atom is 0.162 e. The average molecular weight is 525 g/mol. The van der Waals surface area contributed by atoms with Gasteiger partial charge in [0.1, 0.15) is 0 Å². The molecule has 0 aromatic rings. The van der Waals surface area contributed by atoms with E-state index in [-0.39, 0.29) is 0 Å². The largest absolute Gasteiger partial charge is 0.351 e. The zero-order valence-corrected chi connectivity index (χ0v) is 26.5. The molecule has 0 fully saturated rings. The van der Waals surface area contributed by atoms with Crippen molar-refractivity contribution in [2.45, 2.75) is 213 Å². The lowest BCUT2D eigenvalue weighted by Crippen LogP contribution is -2.29. The molecule has 0 aromatic carbocycles. The molecule has 0 aliphatic rings.